The molecule has 2 aromatic rings. The fraction of sp³-hybridized carbons (Fsp3) is 0.200. The Kier molecular flexibility index (Phi) is 4.55. The summed E-state index contributed by atoms with van der Waals surface area (Å²) in [5.41, 5.74) is 0.764. The zero-order valence-electron chi connectivity index (χ0n) is 11.1. The predicted octanol–water partition coefficient (Wildman–Crippen LogP) is 2.55. The molecule has 0 aliphatic rings. The number of carbonyl (C=O) groups is 1. The number of aromatic carboxylic acids is 1. The van der Waals surface area contributed by atoms with Gasteiger partial charge < -0.3 is 14.6 Å². The third-order valence-electron chi connectivity index (χ3n) is 2.52. The van der Waals surface area contributed by atoms with Crippen molar-refractivity contribution in [3.05, 3.63) is 53.7 Å². The average Bonchev–Trinajstić information content (AvgIpc) is 2.44. The summed E-state index contributed by atoms with van der Waals surface area (Å²) in [5, 5.41) is 8.95. The SMILES string of the molecule is Cc1cc(C(=O)O)cc(OCCOc2ccccc2)n1. The first kappa shape index (κ1) is 13.9. The van der Waals surface area contributed by atoms with E-state index in [1.54, 1.807) is 6.92 Å². The Balaban J connectivity index is 1.86. The Hall–Kier alpha value is -2.56. The van der Waals surface area contributed by atoms with Gasteiger partial charge in [0.2, 0.25) is 5.88 Å². The second-order valence-corrected chi connectivity index (χ2v) is 4.15. The number of aryl methyl sites for hydroxylation is 1. The Labute approximate surface area is 116 Å². The molecule has 0 aliphatic carbocycles. The van der Waals surface area contributed by atoms with E-state index in [1.165, 1.54) is 12.1 Å². The van der Waals surface area contributed by atoms with Crippen LogP contribution in [0, 0.1) is 6.92 Å². The maximum atomic E-state index is 10.9. The second kappa shape index (κ2) is 6.56. The van der Waals surface area contributed by atoms with Crippen LogP contribution in [-0.4, -0.2) is 29.3 Å². The molecule has 5 heteroatoms. The van der Waals surface area contributed by atoms with Gasteiger partial charge in [-0.25, -0.2) is 9.78 Å². The molecule has 0 atom stereocenters. The van der Waals surface area contributed by atoms with E-state index in [0.29, 0.717) is 24.8 Å². The van der Waals surface area contributed by atoms with Crippen LogP contribution in [0.15, 0.2) is 42.5 Å². The monoisotopic (exact) mass is 273 g/mol. The largest absolute Gasteiger partial charge is 0.490 e. The number of hydrogen-bond donors (Lipinski definition) is 1. The van der Waals surface area contributed by atoms with Crippen LogP contribution in [-0.2, 0) is 0 Å². The van der Waals surface area contributed by atoms with Gasteiger partial charge in [-0.3, -0.25) is 0 Å². The Bertz CT molecular complexity index is 584. The lowest BCUT2D eigenvalue weighted by Gasteiger charge is -2.08. The highest BCUT2D eigenvalue weighted by Crippen LogP contribution is 2.13. The van der Waals surface area contributed by atoms with Gasteiger partial charge >= 0.3 is 5.97 Å². The average molecular weight is 273 g/mol. The highest BCUT2D eigenvalue weighted by atomic mass is 16.5. The molecule has 20 heavy (non-hydrogen) atoms. The van der Waals surface area contributed by atoms with Crippen molar-refractivity contribution in [2.45, 2.75) is 6.92 Å². The zero-order valence-corrected chi connectivity index (χ0v) is 11.1. The number of pyridine rings is 1. The van der Waals surface area contributed by atoms with Crippen molar-refractivity contribution in [2.75, 3.05) is 13.2 Å². The van der Waals surface area contributed by atoms with E-state index >= 15 is 0 Å². The second-order valence-electron chi connectivity index (χ2n) is 4.15. The van der Waals surface area contributed by atoms with E-state index in [4.69, 9.17) is 14.6 Å². The number of para-hydroxylation sites is 1. The van der Waals surface area contributed by atoms with Crippen LogP contribution in [0.25, 0.3) is 0 Å². The number of benzene rings is 1. The molecular formula is C15H15NO4. The van der Waals surface area contributed by atoms with Crippen molar-refractivity contribution in [3.63, 3.8) is 0 Å². The summed E-state index contributed by atoms with van der Waals surface area (Å²) in [6.45, 7) is 2.38. The number of rotatable bonds is 6. The first-order valence-corrected chi connectivity index (χ1v) is 6.18. The highest BCUT2D eigenvalue weighted by molar-refractivity contribution is 5.87. The lowest BCUT2D eigenvalue weighted by atomic mass is 10.2. The van der Waals surface area contributed by atoms with E-state index in [0.717, 1.165) is 5.75 Å². The molecule has 0 bridgehead atoms. The Morgan fingerprint density at radius 2 is 1.85 bits per heavy atom. The molecular weight excluding hydrogens is 258 g/mol. The number of hydrogen-bond acceptors (Lipinski definition) is 4. The Morgan fingerprint density at radius 1 is 1.15 bits per heavy atom. The van der Waals surface area contributed by atoms with Gasteiger partial charge in [-0.05, 0) is 25.1 Å². The lowest BCUT2D eigenvalue weighted by molar-refractivity contribution is 0.0696. The van der Waals surface area contributed by atoms with Gasteiger partial charge in [-0.1, -0.05) is 18.2 Å². The quantitative estimate of drug-likeness (QED) is 0.819. The summed E-state index contributed by atoms with van der Waals surface area (Å²) in [7, 11) is 0. The molecule has 0 aliphatic heterocycles. The minimum Gasteiger partial charge on any atom is -0.490 e. The van der Waals surface area contributed by atoms with Gasteiger partial charge in [0.25, 0.3) is 0 Å². The molecule has 1 aromatic carbocycles. The van der Waals surface area contributed by atoms with Crippen LogP contribution >= 0.6 is 0 Å². The van der Waals surface area contributed by atoms with E-state index in [9.17, 15) is 4.79 Å². The lowest BCUT2D eigenvalue weighted by Crippen LogP contribution is -2.10. The molecule has 2 rings (SSSR count). The highest BCUT2D eigenvalue weighted by Gasteiger charge is 2.07. The van der Waals surface area contributed by atoms with Gasteiger partial charge in [0.1, 0.15) is 19.0 Å². The summed E-state index contributed by atoms with van der Waals surface area (Å²) in [4.78, 5) is 15.0. The van der Waals surface area contributed by atoms with Crippen molar-refractivity contribution in [3.8, 4) is 11.6 Å². The van der Waals surface area contributed by atoms with Crippen LogP contribution in [0.3, 0.4) is 0 Å². The van der Waals surface area contributed by atoms with Crippen molar-refractivity contribution in [1.82, 2.24) is 4.98 Å². The van der Waals surface area contributed by atoms with Gasteiger partial charge in [0.05, 0.1) is 5.56 Å². The summed E-state index contributed by atoms with van der Waals surface area (Å²) in [6.07, 6.45) is 0. The van der Waals surface area contributed by atoms with E-state index in [-0.39, 0.29) is 5.56 Å². The molecule has 0 spiro atoms. The van der Waals surface area contributed by atoms with Crippen LogP contribution in [0.1, 0.15) is 16.1 Å². The topological polar surface area (TPSA) is 68.7 Å². The molecule has 1 aromatic heterocycles. The summed E-state index contributed by atoms with van der Waals surface area (Å²) >= 11 is 0. The van der Waals surface area contributed by atoms with Gasteiger partial charge in [-0.2, -0.15) is 0 Å². The molecule has 0 amide bonds. The smallest absolute Gasteiger partial charge is 0.335 e. The molecule has 104 valence electrons. The van der Waals surface area contributed by atoms with E-state index in [2.05, 4.69) is 4.98 Å². The van der Waals surface area contributed by atoms with Gasteiger partial charge in [0.15, 0.2) is 0 Å². The first-order chi connectivity index (χ1) is 9.65. The van der Waals surface area contributed by atoms with Crippen LogP contribution in [0.4, 0.5) is 0 Å². The standard InChI is InChI=1S/C15H15NO4/c1-11-9-12(15(17)18)10-14(16-11)20-8-7-19-13-5-3-2-4-6-13/h2-6,9-10H,7-8H2,1H3,(H,17,18). The van der Waals surface area contributed by atoms with Crippen molar-refractivity contribution in [1.29, 1.82) is 0 Å². The molecule has 0 unspecified atom stereocenters. The van der Waals surface area contributed by atoms with Crippen LogP contribution in [0.2, 0.25) is 0 Å². The van der Waals surface area contributed by atoms with Crippen molar-refractivity contribution in [2.24, 2.45) is 0 Å². The maximum absolute atomic E-state index is 10.9. The van der Waals surface area contributed by atoms with E-state index in [1.807, 2.05) is 30.3 Å². The maximum Gasteiger partial charge on any atom is 0.335 e. The Morgan fingerprint density at radius 3 is 2.55 bits per heavy atom. The van der Waals surface area contributed by atoms with Crippen LogP contribution in [0.5, 0.6) is 11.6 Å². The van der Waals surface area contributed by atoms with Crippen LogP contribution < -0.4 is 9.47 Å². The molecule has 0 radical (unpaired) electrons. The molecule has 0 saturated heterocycles. The first-order valence-electron chi connectivity index (χ1n) is 6.18. The number of carboxylic acids is 1. The number of carboxylic acid groups (broad SMARTS) is 1. The zero-order chi connectivity index (χ0) is 14.4. The number of nitrogens with zero attached hydrogens (tertiary/aromatic N) is 1. The summed E-state index contributed by atoms with van der Waals surface area (Å²) in [5.74, 6) is 0.0551. The molecule has 0 saturated carbocycles. The van der Waals surface area contributed by atoms with Gasteiger partial charge in [0, 0.05) is 11.8 Å². The van der Waals surface area contributed by atoms with Gasteiger partial charge in [-0.15, -0.1) is 0 Å². The number of ether oxygens (including phenoxy) is 2. The van der Waals surface area contributed by atoms with Crippen molar-refractivity contribution < 1.29 is 19.4 Å². The minimum absolute atomic E-state index is 0.163. The third-order valence-corrected chi connectivity index (χ3v) is 2.52. The summed E-state index contributed by atoms with van der Waals surface area (Å²) < 4.78 is 10.9. The summed E-state index contributed by atoms with van der Waals surface area (Å²) in [6, 6.07) is 12.3. The normalized spacial score (nSPS) is 10.1. The fourth-order valence-corrected chi connectivity index (χ4v) is 1.66. The minimum atomic E-state index is -0.999. The fourth-order valence-electron chi connectivity index (χ4n) is 1.66. The third kappa shape index (κ3) is 3.98. The van der Waals surface area contributed by atoms with Crippen molar-refractivity contribution >= 4 is 5.97 Å². The van der Waals surface area contributed by atoms with E-state index < -0.39 is 5.97 Å². The predicted molar refractivity (Wildman–Crippen MR) is 73.4 cm³/mol. The molecule has 0 fully saturated rings. The molecule has 1 heterocycles. The molecule has 1 N–H and O–H groups in total. The number of aromatic nitrogens is 1. The molecule has 5 nitrogen and oxygen atoms in total.